The monoisotopic (exact) mass is 246 g/mol. The van der Waals surface area contributed by atoms with Crippen LogP contribution in [0.5, 0.6) is 0 Å². The van der Waals surface area contributed by atoms with Gasteiger partial charge in [0.05, 0.1) is 17.8 Å². The fraction of sp³-hybridized carbons (Fsp3) is 0.167. The molecule has 94 valence electrons. The van der Waals surface area contributed by atoms with E-state index >= 15 is 0 Å². The van der Waals surface area contributed by atoms with Gasteiger partial charge < -0.3 is 16.2 Å². The number of aromatic nitrogens is 2. The number of aromatic carboxylic acids is 1. The first-order valence-electron chi connectivity index (χ1n) is 5.41. The molecule has 0 bridgehead atoms. The smallest absolute Gasteiger partial charge is 0.337 e. The second-order valence-corrected chi connectivity index (χ2v) is 3.94. The minimum atomic E-state index is -1.01. The first kappa shape index (κ1) is 12.0. The molecule has 0 atom stereocenters. The van der Waals surface area contributed by atoms with Crippen molar-refractivity contribution in [2.24, 2.45) is 7.05 Å². The molecule has 1 heterocycles. The molecule has 2 rings (SSSR count). The summed E-state index contributed by atoms with van der Waals surface area (Å²) in [5.41, 5.74) is 7.52. The van der Waals surface area contributed by atoms with Crippen LogP contribution in [0.15, 0.2) is 30.5 Å². The quantitative estimate of drug-likeness (QED) is 0.707. The molecule has 6 nitrogen and oxygen atoms in total. The Morgan fingerprint density at radius 1 is 1.50 bits per heavy atom. The first-order valence-corrected chi connectivity index (χ1v) is 5.41. The molecule has 18 heavy (non-hydrogen) atoms. The normalized spacial score (nSPS) is 10.3. The molecule has 0 aliphatic heterocycles. The van der Waals surface area contributed by atoms with Crippen molar-refractivity contribution in [1.82, 2.24) is 9.78 Å². The van der Waals surface area contributed by atoms with Crippen molar-refractivity contribution in [1.29, 1.82) is 0 Å². The third-order valence-electron chi connectivity index (χ3n) is 2.50. The number of carbonyl (C=O) groups is 1. The lowest BCUT2D eigenvalue weighted by Crippen LogP contribution is -2.07. The molecule has 0 aliphatic rings. The van der Waals surface area contributed by atoms with Gasteiger partial charge in [-0.15, -0.1) is 0 Å². The van der Waals surface area contributed by atoms with E-state index in [1.807, 2.05) is 19.3 Å². The van der Waals surface area contributed by atoms with Crippen LogP contribution in [0, 0.1) is 0 Å². The summed E-state index contributed by atoms with van der Waals surface area (Å²) in [4.78, 5) is 11.1. The third-order valence-corrected chi connectivity index (χ3v) is 2.50. The molecule has 1 aromatic heterocycles. The Labute approximate surface area is 104 Å². The van der Waals surface area contributed by atoms with Crippen LogP contribution in [-0.2, 0) is 13.6 Å². The van der Waals surface area contributed by atoms with Crippen LogP contribution >= 0.6 is 0 Å². The minimum Gasteiger partial charge on any atom is -0.478 e. The molecule has 0 spiro atoms. The number of carboxylic acids is 1. The SMILES string of the molecule is Cn1ccc(CNc2ccc(N)cc2C(=O)O)n1. The number of nitrogens with zero attached hydrogens (tertiary/aromatic N) is 2. The standard InChI is InChI=1S/C12H14N4O2/c1-16-5-4-9(15-16)7-14-11-3-2-8(13)6-10(11)12(17)18/h2-6,14H,7,13H2,1H3,(H,17,18). The third kappa shape index (κ3) is 2.60. The molecule has 0 unspecified atom stereocenters. The van der Waals surface area contributed by atoms with Gasteiger partial charge in [-0.25, -0.2) is 4.79 Å². The predicted octanol–water partition coefficient (Wildman–Crippen LogP) is 1.31. The first-order chi connectivity index (χ1) is 8.56. The highest BCUT2D eigenvalue weighted by atomic mass is 16.4. The number of benzene rings is 1. The summed E-state index contributed by atoms with van der Waals surface area (Å²) < 4.78 is 1.69. The maximum Gasteiger partial charge on any atom is 0.337 e. The van der Waals surface area contributed by atoms with E-state index in [2.05, 4.69) is 10.4 Å². The second kappa shape index (κ2) is 4.79. The van der Waals surface area contributed by atoms with Crippen LogP contribution in [0.1, 0.15) is 16.1 Å². The lowest BCUT2D eigenvalue weighted by Gasteiger charge is -2.09. The Hall–Kier alpha value is -2.50. The lowest BCUT2D eigenvalue weighted by molar-refractivity contribution is 0.0698. The molecule has 1 aromatic carbocycles. The molecule has 0 radical (unpaired) electrons. The van der Waals surface area contributed by atoms with Crippen molar-refractivity contribution in [2.75, 3.05) is 11.1 Å². The van der Waals surface area contributed by atoms with E-state index in [9.17, 15) is 4.79 Å². The maximum absolute atomic E-state index is 11.1. The van der Waals surface area contributed by atoms with E-state index in [4.69, 9.17) is 10.8 Å². The van der Waals surface area contributed by atoms with Crippen molar-refractivity contribution < 1.29 is 9.90 Å². The highest BCUT2D eigenvalue weighted by molar-refractivity contribution is 5.95. The molecule has 6 heteroatoms. The molecule has 0 aliphatic carbocycles. The van der Waals surface area contributed by atoms with Crippen molar-refractivity contribution in [3.05, 3.63) is 41.7 Å². The number of aryl methyl sites for hydroxylation is 1. The maximum atomic E-state index is 11.1. The number of nitrogens with one attached hydrogen (secondary N) is 1. The minimum absolute atomic E-state index is 0.158. The number of hydrogen-bond donors (Lipinski definition) is 3. The second-order valence-electron chi connectivity index (χ2n) is 3.94. The predicted molar refractivity (Wildman–Crippen MR) is 68.3 cm³/mol. The van der Waals surface area contributed by atoms with Crippen molar-refractivity contribution in [3.63, 3.8) is 0 Å². The summed E-state index contributed by atoms with van der Waals surface area (Å²) in [6, 6.07) is 6.61. The summed E-state index contributed by atoms with van der Waals surface area (Å²) in [5.74, 6) is -1.01. The Bertz CT molecular complexity index is 577. The number of hydrogen-bond acceptors (Lipinski definition) is 4. The number of nitrogen functional groups attached to an aromatic ring is 1. The van der Waals surface area contributed by atoms with E-state index in [1.165, 1.54) is 6.07 Å². The molecule has 2 aromatic rings. The fourth-order valence-electron chi connectivity index (χ4n) is 1.64. The van der Waals surface area contributed by atoms with Crippen molar-refractivity contribution in [2.45, 2.75) is 6.54 Å². The lowest BCUT2D eigenvalue weighted by atomic mass is 10.1. The zero-order chi connectivity index (χ0) is 13.1. The highest BCUT2D eigenvalue weighted by Gasteiger charge is 2.10. The van der Waals surface area contributed by atoms with Crippen LogP contribution < -0.4 is 11.1 Å². The largest absolute Gasteiger partial charge is 0.478 e. The zero-order valence-electron chi connectivity index (χ0n) is 9.92. The van der Waals surface area contributed by atoms with Crippen LogP contribution in [0.25, 0.3) is 0 Å². The molecule has 0 fully saturated rings. The number of rotatable bonds is 4. The van der Waals surface area contributed by atoms with E-state index < -0.39 is 5.97 Å². The summed E-state index contributed by atoms with van der Waals surface area (Å²) in [7, 11) is 1.83. The summed E-state index contributed by atoms with van der Waals surface area (Å²) in [6.45, 7) is 0.463. The van der Waals surface area contributed by atoms with Crippen LogP contribution in [0.4, 0.5) is 11.4 Å². The van der Waals surface area contributed by atoms with Gasteiger partial charge in [-0.3, -0.25) is 4.68 Å². The van der Waals surface area contributed by atoms with Crippen molar-refractivity contribution >= 4 is 17.3 Å². The fourth-order valence-corrected chi connectivity index (χ4v) is 1.64. The summed E-state index contributed by atoms with van der Waals surface area (Å²) in [5, 5.41) is 16.3. The van der Waals surface area contributed by atoms with E-state index in [0.717, 1.165) is 5.69 Å². The Morgan fingerprint density at radius 3 is 2.89 bits per heavy atom. The van der Waals surface area contributed by atoms with Gasteiger partial charge in [-0.2, -0.15) is 5.10 Å². The number of carboxylic acid groups (broad SMARTS) is 1. The van der Waals surface area contributed by atoms with Gasteiger partial charge in [0.25, 0.3) is 0 Å². The molecule has 4 N–H and O–H groups in total. The Balaban J connectivity index is 2.16. The van der Waals surface area contributed by atoms with Gasteiger partial charge in [-0.1, -0.05) is 0 Å². The molecule has 0 saturated heterocycles. The van der Waals surface area contributed by atoms with Crippen molar-refractivity contribution in [3.8, 4) is 0 Å². The van der Waals surface area contributed by atoms with Gasteiger partial charge in [-0.05, 0) is 24.3 Å². The molecular formula is C12H14N4O2. The van der Waals surface area contributed by atoms with Gasteiger partial charge in [0.15, 0.2) is 0 Å². The zero-order valence-corrected chi connectivity index (χ0v) is 9.92. The summed E-state index contributed by atoms with van der Waals surface area (Å²) >= 11 is 0. The van der Waals surface area contributed by atoms with Crippen LogP contribution in [0.2, 0.25) is 0 Å². The number of nitrogens with two attached hydrogens (primary N) is 1. The average molecular weight is 246 g/mol. The highest BCUT2D eigenvalue weighted by Crippen LogP contribution is 2.19. The van der Waals surface area contributed by atoms with Gasteiger partial charge in [0.1, 0.15) is 0 Å². The van der Waals surface area contributed by atoms with E-state index in [0.29, 0.717) is 17.9 Å². The molecule has 0 amide bonds. The van der Waals surface area contributed by atoms with Gasteiger partial charge in [0, 0.05) is 24.6 Å². The van der Waals surface area contributed by atoms with Gasteiger partial charge >= 0.3 is 5.97 Å². The summed E-state index contributed by atoms with van der Waals surface area (Å²) in [6.07, 6.45) is 1.83. The molecular weight excluding hydrogens is 232 g/mol. The van der Waals surface area contributed by atoms with Crippen LogP contribution in [0.3, 0.4) is 0 Å². The Morgan fingerprint density at radius 2 is 2.28 bits per heavy atom. The average Bonchev–Trinajstić information content (AvgIpc) is 2.73. The van der Waals surface area contributed by atoms with E-state index in [-0.39, 0.29) is 5.56 Å². The topological polar surface area (TPSA) is 93.2 Å². The van der Waals surface area contributed by atoms with E-state index in [1.54, 1.807) is 16.8 Å². The molecule has 0 saturated carbocycles. The van der Waals surface area contributed by atoms with Gasteiger partial charge in [0.2, 0.25) is 0 Å². The van der Waals surface area contributed by atoms with Crippen LogP contribution in [-0.4, -0.2) is 20.9 Å². The number of anilines is 2. The Kier molecular flexibility index (Phi) is 3.18.